The van der Waals surface area contributed by atoms with Crippen LogP contribution >= 0.6 is 11.6 Å². The van der Waals surface area contributed by atoms with E-state index in [1.54, 1.807) is 18.2 Å². The highest BCUT2D eigenvalue weighted by Gasteiger charge is 2.07. The number of carbonyl (C=O) groups excluding carboxylic acids is 1. The van der Waals surface area contributed by atoms with Crippen LogP contribution in [0.5, 0.6) is 0 Å². The third-order valence-electron chi connectivity index (χ3n) is 1.72. The molecule has 0 bridgehead atoms. The summed E-state index contributed by atoms with van der Waals surface area (Å²) in [7, 11) is 0. The van der Waals surface area contributed by atoms with Crippen molar-refractivity contribution in [3.63, 3.8) is 0 Å². The first kappa shape index (κ1) is 11.1. The SMILES string of the molecule is CCCOC(=O)c1cc(C)cc(Cl)c1. The van der Waals surface area contributed by atoms with Crippen molar-refractivity contribution >= 4 is 17.6 Å². The van der Waals surface area contributed by atoms with Crippen LogP contribution in [0.15, 0.2) is 18.2 Å². The van der Waals surface area contributed by atoms with Crippen molar-refractivity contribution in [3.8, 4) is 0 Å². The maximum Gasteiger partial charge on any atom is 0.338 e. The molecule has 0 aliphatic heterocycles. The third kappa shape index (κ3) is 3.04. The van der Waals surface area contributed by atoms with Crippen LogP contribution < -0.4 is 0 Å². The molecule has 14 heavy (non-hydrogen) atoms. The number of hydrogen-bond acceptors (Lipinski definition) is 2. The van der Waals surface area contributed by atoms with E-state index in [2.05, 4.69) is 0 Å². The molecule has 0 unspecified atom stereocenters. The molecule has 0 atom stereocenters. The van der Waals surface area contributed by atoms with E-state index in [1.165, 1.54) is 0 Å². The van der Waals surface area contributed by atoms with Gasteiger partial charge in [0, 0.05) is 5.02 Å². The van der Waals surface area contributed by atoms with Crippen LogP contribution in [-0.2, 0) is 4.74 Å². The number of esters is 1. The van der Waals surface area contributed by atoms with Crippen molar-refractivity contribution in [3.05, 3.63) is 34.3 Å². The third-order valence-corrected chi connectivity index (χ3v) is 1.93. The van der Waals surface area contributed by atoms with Gasteiger partial charge in [-0.25, -0.2) is 4.79 Å². The molecule has 0 saturated heterocycles. The van der Waals surface area contributed by atoms with Gasteiger partial charge in [-0.2, -0.15) is 0 Å². The molecule has 0 spiro atoms. The minimum atomic E-state index is -0.308. The van der Waals surface area contributed by atoms with Gasteiger partial charge in [-0.15, -0.1) is 0 Å². The normalized spacial score (nSPS) is 9.93. The Balaban J connectivity index is 2.79. The van der Waals surface area contributed by atoms with Gasteiger partial charge < -0.3 is 4.74 Å². The fourth-order valence-electron chi connectivity index (χ4n) is 1.13. The van der Waals surface area contributed by atoms with Crippen molar-refractivity contribution in [2.24, 2.45) is 0 Å². The highest BCUT2D eigenvalue weighted by molar-refractivity contribution is 6.31. The maximum atomic E-state index is 11.4. The van der Waals surface area contributed by atoms with Crippen LogP contribution in [0.2, 0.25) is 5.02 Å². The van der Waals surface area contributed by atoms with Crippen LogP contribution in [0.25, 0.3) is 0 Å². The van der Waals surface area contributed by atoms with Crippen LogP contribution in [0.1, 0.15) is 29.3 Å². The Morgan fingerprint density at radius 3 is 2.71 bits per heavy atom. The fraction of sp³-hybridized carbons (Fsp3) is 0.364. The molecule has 0 amide bonds. The second kappa shape index (κ2) is 5.01. The average Bonchev–Trinajstić information content (AvgIpc) is 2.12. The standard InChI is InChI=1S/C11H13ClO2/c1-3-4-14-11(13)9-5-8(2)6-10(12)7-9/h5-7H,3-4H2,1-2H3. The molecule has 76 valence electrons. The number of hydrogen-bond donors (Lipinski definition) is 0. The summed E-state index contributed by atoms with van der Waals surface area (Å²) in [5, 5.41) is 0.563. The van der Waals surface area contributed by atoms with E-state index in [4.69, 9.17) is 16.3 Å². The Labute approximate surface area is 88.8 Å². The number of rotatable bonds is 3. The highest BCUT2D eigenvalue weighted by Crippen LogP contribution is 2.15. The minimum Gasteiger partial charge on any atom is -0.462 e. The lowest BCUT2D eigenvalue weighted by Gasteiger charge is -2.04. The van der Waals surface area contributed by atoms with E-state index in [1.807, 2.05) is 13.8 Å². The Hall–Kier alpha value is -1.02. The molecule has 0 radical (unpaired) electrons. The molecule has 0 fully saturated rings. The monoisotopic (exact) mass is 212 g/mol. The quantitative estimate of drug-likeness (QED) is 0.720. The van der Waals surface area contributed by atoms with E-state index in [0.717, 1.165) is 12.0 Å². The average molecular weight is 213 g/mol. The molecule has 0 heterocycles. The van der Waals surface area contributed by atoms with Gasteiger partial charge in [-0.1, -0.05) is 18.5 Å². The zero-order valence-corrected chi connectivity index (χ0v) is 9.10. The summed E-state index contributed by atoms with van der Waals surface area (Å²) in [4.78, 5) is 11.4. The molecular weight excluding hydrogens is 200 g/mol. The summed E-state index contributed by atoms with van der Waals surface area (Å²) in [5.41, 5.74) is 1.48. The lowest BCUT2D eigenvalue weighted by atomic mass is 10.1. The number of aryl methyl sites for hydroxylation is 1. The van der Waals surface area contributed by atoms with Gasteiger partial charge in [0.05, 0.1) is 12.2 Å². The first-order valence-corrected chi connectivity index (χ1v) is 4.95. The molecule has 0 aromatic heterocycles. The summed E-state index contributed by atoms with van der Waals surface area (Å²) in [5.74, 6) is -0.308. The van der Waals surface area contributed by atoms with Crippen LogP contribution in [0, 0.1) is 6.92 Å². The first-order valence-electron chi connectivity index (χ1n) is 4.58. The highest BCUT2D eigenvalue weighted by atomic mass is 35.5. The predicted molar refractivity (Wildman–Crippen MR) is 56.8 cm³/mol. The Kier molecular flexibility index (Phi) is 3.96. The lowest BCUT2D eigenvalue weighted by Crippen LogP contribution is -2.05. The topological polar surface area (TPSA) is 26.3 Å². The summed E-state index contributed by atoms with van der Waals surface area (Å²) >= 11 is 5.82. The number of benzene rings is 1. The van der Waals surface area contributed by atoms with Crippen molar-refractivity contribution in [1.82, 2.24) is 0 Å². The second-order valence-electron chi connectivity index (χ2n) is 3.15. The Bertz CT molecular complexity index is 314. The van der Waals surface area contributed by atoms with Crippen molar-refractivity contribution in [2.45, 2.75) is 20.3 Å². The molecular formula is C11H13ClO2. The summed E-state index contributed by atoms with van der Waals surface area (Å²) < 4.78 is 4.99. The van der Waals surface area contributed by atoms with Gasteiger partial charge in [-0.3, -0.25) is 0 Å². The minimum absolute atomic E-state index is 0.308. The van der Waals surface area contributed by atoms with E-state index < -0.39 is 0 Å². The van der Waals surface area contributed by atoms with Crippen LogP contribution in [0.4, 0.5) is 0 Å². The van der Waals surface area contributed by atoms with E-state index in [0.29, 0.717) is 17.2 Å². The second-order valence-corrected chi connectivity index (χ2v) is 3.59. The fourth-order valence-corrected chi connectivity index (χ4v) is 1.42. The Morgan fingerprint density at radius 1 is 1.43 bits per heavy atom. The number of ether oxygens (including phenoxy) is 1. The lowest BCUT2D eigenvalue weighted by molar-refractivity contribution is 0.0505. The molecule has 0 aliphatic carbocycles. The van der Waals surface area contributed by atoms with Gasteiger partial charge in [0.15, 0.2) is 0 Å². The number of halogens is 1. The predicted octanol–water partition coefficient (Wildman–Crippen LogP) is 3.22. The largest absolute Gasteiger partial charge is 0.462 e. The van der Waals surface area contributed by atoms with Crippen molar-refractivity contribution in [2.75, 3.05) is 6.61 Å². The molecule has 0 saturated carbocycles. The zero-order valence-electron chi connectivity index (χ0n) is 8.34. The maximum absolute atomic E-state index is 11.4. The van der Waals surface area contributed by atoms with Crippen molar-refractivity contribution in [1.29, 1.82) is 0 Å². The summed E-state index contributed by atoms with van der Waals surface area (Å²) in [6.07, 6.45) is 0.825. The molecule has 1 rings (SSSR count). The molecule has 0 N–H and O–H groups in total. The first-order chi connectivity index (χ1) is 6.63. The Morgan fingerprint density at radius 2 is 2.14 bits per heavy atom. The molecule has 0 aliphatic rings. The van der Waals surface area contributed by atoms with Crippen LogP contribution in [0.3, 0.4) is 0 Å². The van der Waals surface area contributed by atoms with Gasteiger partial charge in [-0.05, 0) is 37.1 Å². The van der Waals surface area contributed by atoms with E-state index in [9.17, 15) is 4.79 Å². The summed E-state index contributed by atoms with van der Waals surface area (Å²) in [6, 6.07) is 5.19. The van der Waals surface area contributed by atoms with Gasteiger partial charge in [0.1, 0.15) is 0 Å². The zero-order chi connectivity index (χ0) is 10.6. The van der Waals surface area contributed by atoms with Gasteiger partial charge >= 0.3 is 5.97 Å². The smallest absolute Gasteiger partial charge is 0.338 e. The van der Waals surface area contributed by atoms with Crippen LogP contribution in [-0.4, -0.2) is 12.6 Å². The van der Waals surface area contributed by atoms with Gasteiger partial charge in [0.25, 0.3) is 0 Å². The number of carbonyl (C=O) groups is 1. The molecule has 2 nitrogen and oxygen atoms in total. The van der Waals surface area contributed by atoms with Crippen molar-refractivity contribution < 1.29 is 9.53 Å². The molecule has 1 aromatic rings. The summed E-state index contributed by atoms with van der Waals surface area (Å²) in [6.45, 7) is 4.30. The van der Waals surface area contributed by atoms with E-state index >= 15 is 0 Å². The van der Waals surface area contributed by atoms with Gasteiger partial charge in [0.2, 0.25) is 0 Å². The van der Waals surface area contributed by atoms with E-state index in [-0.39, 0.29) is 5.97 Å². The molecule has 1 aromatic carbocycles. The molecule has 3 heteroatoms.